The molecule has 3 rings (SSSR count). The van der Waals surface area contributed by atoms with Gasteiger partial charge in [-0.15, -0.1) is 0 Å². The Balaban J connectivity index is 1.45. The number of aryl methyl sites for hydroxylation is 1. The van der Waals surface area contributed by atoms with E-state index in [4.69, 9.17) is 4.74 Å². The van der Waals surface area contributed by atoms with E-state index in [2.05, 4.69) is 43.4 Å². The molecule has 0 aromatic heterocycles. The number of carbonyl (C=O) groups is 1. The van der Waals surface area contributed by atoms with Gasteiger partial charge in [0.1, 0.15) is 6.61 Å². The molecule has 1 N–H and O–H groups in total. The van der Waals surface area contributed by atoms with Crippen molar-refractivity contribution in [3.05, 3.63) is 71.3 Å². The van der Waals surface area contributed by atoms with E-state index in [1.54, 1.807) is 0 Å². The second-order valence-corrected chi connectivity index (χ2v) is 7.34. The lowest BCUT2D eigenvalue weighted by atomic mass is 9.99. The maximum Gasteiger partial charge on any atom is 0.410 e. The number of benzene rings is 2. The van der Waals surface area contributed by atoms with Crippen LogP contribution in [0.1, 0.15) is 48.9 Å². The molecule has 144 valence electrons. The van der Waals surface area contributed by atoms with Gasteiger partial charge in [-0.2, -0.15) is 0 Å². The zero-order valence-electron chi connectivity index (χ0n) is 16.4. The number of carbonyl (C=O) groups excluding carboxylic acids is 1. The summed E-state index contributed by atoms with van der Waals surface area (Å²) >= 11 is 0. The number of piperidine rings is 1. The lowest BCUT2D eigenvalue weighted by Gasteiger charge is -2.34. The summed E-state index contributed by atoms with van der Waals surface area (Å²) in [4.78, 5) is 14.1. The summed E-state index contributed by atoms with van der Waals surface area (Å²) in [5, 5.41) is 3.78. The zero-order valence-corrected chi connectivity index (χ0v) is 16.4. The Kier molecular flexibility index (Phi) is 6.88. The molecule has 1 amide bonds. The number of nitrogens with one attached hydrogen (secondary N) is 1. The molecule has 0 saturated carbocycles. The van der Waals surface area contributed by atoms with E-state index < -0.39 is 0 Å². The van der Waals surface area contributed by atoms with E-state index in [1.807, 2.05) is 35.2 Å². The molecule has 1 saturated heterocycles. The molecule has 4 nitrogen and oxygen atoms in total. The molecule has 1 aliphatic rings. The van der Waals surface area contributed by atoms with Gasteiger partial charge in [0.25, 0.3) is 0 Å². The van der Waals surface area contributed by atoms with Crippen molar-refractivity contribution in [1.29, 1.82) is 0 Å². The molecule has 1 aliphatic heterocycles. The molecule has 2 aromatic rings. The molecule has 0 bridgehead atoms. The number of hydrogen-bond acceptors (Lipinski definition) is 3. The first kappa shape index (κ1) is 19.4. The molecule has 1 atom stereocenters. The van der Waals surface area contributed by atoms with E-state index in [0.717, 1.165) is 37.9 Å². The average Bonchev–Trinajstić information content (AvgIpc) is 2.72. The van der Waals surface area contributed by atoms with Crippen molar-refractivity contribution in [2.75, 3.05) is 13.1 Å². The molecule has 1 heterocycles. The molecule has 0 aliphatic carbocycles. The first-order valence-corrected chi connectivity index (χ1v) is 9.94. The summed E-state index contributed by atoms with van der Waals surface area (Å²) in [6, 6.07) is 19.4. The number of amides is 1. The molecule has 4 heteroatoms. The van der Waals surface area contributed by atoms with Gasteiger partial charge < -0.3 is 15.0 Å². The van der Waals surface area contributed by atoms with Crippen LogP contribution in [0.3, 0.4) is 0 Å². The molecule has 27 heavy (non-hydrogen) atoms. The van der Waals surface area contributed by atoms with E-state index in [9.17, 15) is 4.79 Å². The molecule has 1 fully saturated rings. The molecular formula is C23H30N2O2. The monoisotopic (exact) mass is 366 g/mol. The highest BCUT2D eigenvalue weighted by atomic mass is 16.6. The van der Waals surface area contributed by atoms with Crippen molar-refractivity contribution in [3.63, 3.8) is 0 Å². The molecule has 2 aromatic carbocycles. The third-order valence-corrected chi connectivity index (χ3v) is 5.28. The van der Waals surface area contributed by atoms with Gasteiger partial charge in [0.05, 0.1) is 0 Å². The van der Waals surface area contributed by atoms with Crippen molar-refractivity contribution in [1.82, 2.24) is 10.2 Å². The van der Waals surface area contributed by atoms with Gasteiger partial charge in [0.15, 0.2) is 0 Å². The van der Waals surface area contributed by atoms with E-state index in [0.29, 0.717) is 18.7 Å². The van der Waals surface area contributed by atoms with Crippen LogP contribution in [0.2, 0.25) is 0 Å². The Bertz CT molecular complexity index is 707. The maximum absolute atomic E-state index is 12.3. The van der Waals surface area contributed by atoms with Crippen LogP contribution in [-0.4, -0.2) is 30.1 Å². The predicted molar refractivity (Wildman–Crippen MR) is 109 cm³/mol. The summed E-state index contributed by atoms with van der Waals surface area (Å²) in [6.07, 6.45) is 2.77. The molecule has 0 radical (unpaired) electrons. The minimum Gasteiger partial charge on any atom is -0.445 e. The van der Waals surface area contributed by atoms with Crippen LogP contribution in [0.15, 0.2) is 54.6 Å². The predicted octanol–water partition coefficient (Wildman–Crippen LogP) is 4.84. The molecular weight excluding hydrogens is 336 g/mol. The third kappa shape index (κ3) is 5.57. The van der Waals surface area contributed by atoms with Crippen LogP contribution in [0.4, 0.5) is 4.79 Å². The van der Waals surface area contributed by atoms with E-state index in [1.165, 1.54) is 11.1 Å². The minimum absolute atomic E-state index is 0.206. The smallest absolute Gasteiger partial charge is 0.410 e. The summed E-state index contributed by atoms with van der Waals surface area (Å²) in [5.74, 6) is 0. The van der Waals surface area contributed by atoms with Crippen molar-refractivity contribution >= 4 is 6.09 Å². The Morgan fingerprint density at radius 2 is 1.78 bits per heavy atom. The quantitative estimate of drug-likeness (QED) is 0.795. The second kappa shape index (κ2) is 9.56. The van der Waals surface area contributed by atoms with Crippen molar-refractivity contribution in [3.8, 4) is 0 Å². The average molecular weight is 367 g/mol. The summed E-state index contributed by atoms with van der Waals surface area (Å²) in [7, 11) is 0. The minimum atomic E-state index is -0.206. The van der Waals surface area contributed by atoms with Gasteiger partial charge in [0.2, 0.25) is 0 Å². The van der Waals surface area contributed by atoms with Gasteiger partial charge in [-0.25, -0.2) is 4.79 Å². The highest BCUT2D eigenvalue weighted by Crippen LogP contribution is 2.21. The van der Waals surface area contributed by atoms with E-state index in [-0.39, 0.29) is 6.09 Å². The number of rotatable bonds is 6. The fourth-order valence-corrected chi connectivity index (χ4v) is 3.57. The third-order valence-electron chi connectivity index (χ3n) is 5.28. The Morgan fingerprint density at radius 1 is 1.11 bits per heavy atom. The standard InChI is InChI=1S/C23H30N2O2/c1-3-22(20-11-9-18(2)10-12-20)24-21-13-15-25(16-14-21)23(26)27-17-19-7-5-4-6-8-19/h4-12,21-22,24H,3,13-17H2,1-2H3. The van der Waals surface area contributed by atoms with Crippen LogP contribution in [0.5, 0.6) is 0 Å². The van der Waals surface area contributed by atoms with Crippen molar-refractivity contribution < 1.29 is 9.53 Å². The second-order valence-electron chi connectivity index (χ2n) is 7.34. The summed E-state index contributed by atoms with van der Waals surface area (Å²) in [6.45, 7) is 6.16. The molecule has 1 unspecified atom stereocenters. The molecule has 0 spiro atoms. The largest absolute Gasteiger partial charge is 0.445 e. The fourth-order valence-electron chi connectivity index (χ4n) is 3.57. The summed E-state index contributed by atoms with van der Waals surface area (Å²) < 4.78 is 5.45. The van der Waals surface area contributed by atoms with Gasteiger partial charge in [-0.05, 0) is 37.3 Å². The topological polar surface area (TPSA) is 41.6 Å². The van der Waals surface area contributed by atoms with Gasteiger partial charge >= 0.3 is 6.09 Å². The number of likely N-dealkylation sites (tertiary alicyclic amines) is 1. The van der Waals surface area contributed by atoms with Gasteiger partial charge in [-0.3, -0.25) is 0 Å². The fraction of sp³-hybridized carbons (Fsp3) is 0.435. The SMILES string of the molecule is CCC(NC1CCN(C(=O)OCc2ccccc2)CC1)c1ccc(C)cc1. The number of nitrogens with zero attached hydrogens (tertiary/aromatic N) is 1. The van der Waals surface area contributed by atoms with E-state index >= 15 is 0 Å². The van der Waals surface area contributed by atoms with Crippen molar-refractivity contribution in [2.45, 2.75) is 51.8 Å². The summed E-state index contributed by atoms with van der Waals surface area (Å²) in [5.41, 5.74) is 3.65. The lowest BCUT2D eigenvalue weighted by Crippen LogP contribution is -2.45. The van der Waals surface area contributed by atoms with Crippen LogP contribution < -0.4 is 5.32 Å². The van der Waals surface area contributed by atoms with Gasteiger partial charge in [-0.1, -0.05) is 67.1 Å². The van der Waals surface area contributed by atoms with Crippen LogP contribution >= 0.6 is 0 Å². The number of ether oxygens (including phenoxy) is 1. The number of hydrogen-bond donors (Lipinski definition) is 1. The van der Waals surface area contributed by atoms with Gasteiger partial charge in [0, 0.05) is 25.2 Å². The van der Waals surface area contributed by atoms with Crippen LogP contribution in [-0.2, 0) is 11.3 Å². The zero-order chi connectivity index (χ0) is 19.1. The maximum atomic E-state index is 12.3. The lowest BCUT2D eigenvalue weighted by molar-refractivity contribution is 0.0844. The first-order chi connectivity index (χ1) is 13.2. The van der Waals surface area contributed by atoms with Crippen molar-refractivity contribution in [2.24, 2.45) is 0 Å². The normalized spacial score (nSPS) is 16.1. The first-order valence-electron chi connectivity index (χ1n) is 9.94. The highest BCUT2D eigenvalue weighted by Gasteiger charge is 2.25. The van der Waals surface area contributed by atoms with Crippen LogP contribution in [0, 0.1) is 6.92 Å². The Morgan fingerprint density at radius 3 is 2.41 bits per heavy atom. The van der Waals surface area contributed by atoms with Crippen LogP contribution in [0.25, 0.3) is 0 Å². The Hall–Kier alpha value is -2.33. The highest BCUT2D eigenvalue weighted by molar-refractivity contribution is 5.67. The Labute approximate surface area is 162 Å².